The van der Waals surface area contributed by atoms with Crippen molar-refractivity contribution in [3.63, 3.8) is 0 Å². The molecule has 114 valence electrons. The highest BCUT2D eigenvalue weighted by molar-refractivity contribution is 9.10. The van der Waals surface area contributed by atoms with Crippen molar-refractivity contribution < 1.29 is 14.3 Å². The SMILES string of the molecule is O=C(NCCc1cccc(Br)c1)Nc1ccc2c(c1)OCO2. The number of carbonyl (C=O) groups excluding carboxylic acids is 1. The number of anilines is 1. The number of amides is 2. The quantitative estimate of drug-likeness (QED) is 0.874. The van der Waals surface area contributed by atoms with Crippen LogP contribution < -0.4 is 20.1 Å². The molecule has 2 aromatic carbocycles. The molecular formula is C16H15BrN2O3. The molecule has 1 aliphatic rings. The van der Waals surface area contributed by atoms with Crippen molar-refractivity contribution in [3.8, 4) is 11.5 Å². The van der Waals surface area contributed by atoms with Crippen LogP contribution in [0.25, 0.3) is 0 Å². The molecule has 0 saturated carbocycles. The van der Waals surface area contributed by atoms with Gasteiger partial charge in [0.05, 0.1) is 0 Å². The van der Waals surface area contributed by atoms with Crippen LogP contribution in [0, 0.1) is 0 Å². The number of ether oxygens (including phenoxy) is 2. The fourth-order valence-corrected chi connectivity index (χ4v) is 2.61. The predicted octanol–water partition coefficient (Wildman–Crippen LogP) is 3.54. The van der Waals surface area contributed by atoms with Gasteiger partial charge in [-0.15, -0.1) is 0 Å². The summed E-state index contributed by atoms with van der Waals surface area (Å²) in [7, 11) is 0. The molecule has 0 radical (unpaired) electrons. The van der Waals surface area contributed by atoms with E-state index >= 15 is 0 Å². The molecular weight excluding hydrogens is 348 g/mol. The van der Waals surface area contributed by atoms with E-state index in [9.17, 15) is 4.79 Å². The summed E-state index contributed by atoms with van der Waals surface area (Å²) in [4.78, 5) is 11.9. The van der Waals surface area contributed by atoms with Gasteiger partial charge in [0.1, 0.15) is 0 Å². The Balaban J connectivity index is 1.48. The van der Waals surface area contributed by atoms with Gasteiger partial charge in [0, 0.05) is 22.8 Å². The van der Waals surface area contributed by atoms with Crippen LogP contribution in [0.3, 0.4) is 0 Å². The lowest BCUT2D eigenvalue weighted by Gasteiger charge is -2.08. The second-order valence-electron chi connectivity index (χ2n) is 4.83. The predicted molar refractivity (Wildman–Crippen MR) is 87.4 cm³/mol. The van der Waals surface area contributed by atoms with Gasteiger partial charge in [0.25, 0.3) is 0 Å². The van der Waals surface area contributed by atoms with Crippen LogP contribution in [0.15, 0.2) is 46.9 Å². The highest BCUT2D eigenvalue weighted by Gasteiger charge is 2.13. The second-order valence-corrected chi connectivity index (χ2v) is 5.74. The number of rotatable bonds is 4. The minimum absolute atomic E-state index is 0.220. The molecule has 0 bridgehead atoms. The Morgan fingerprint density at radius 1 is 1.14 bits per heavy atom. The van der Waals surface area contributed by atoms with Crippen molar-refractivity contribution in [2.75, 3.05) is 18.7 Å². The third-order valence-electron chi connectivity index (χ3n) is 3.22. The summed E-state index contributed by atoms with van der Waals surface area (Å²) < 4.78 is 11.5. The van der Waals surface area contributed by atoms with Crippen molar-refractivity contribution in [1.29, 1.82) is 0 Å². The van der Waals surface area contributed by atoms with Crippen molar-refractivity contribution in [2.24, 2.45) is 0 Å². The number of urea groups is 1. The third-order valence-corrected chi connectivity index (χ3v) is 3.71. The van der Waals surface area contributed by atoms with E-state index in [0.717, 1.165) is 16.5 Å². The van der Waals surface area contributed by atoms with E-state index in [4.69, 9.17) is 9.47 Å². The molecule has 0 aliphatic carbocycles. The highest BCUT2D eigenvalue weighted by atomic mass is 79.9. The Morgan fingerprint density at radius 3 is 2.86 bits per heavy atom. The Hall–Kier alpha value is -2.21. The molecule has 1 heterocycles. The lowest BCUT2D eigenvalue weighted by Crippen LogP contribution is -2.30. The maximum atomic E-state index is 11.9. The van der Waals surface area contributed by atoms with Crippen LogP contribution >= 0.6 is 15.9 Å². The Bertz CT molecular complexity index is 691. The number of carbonyl (C=O) groups is 1. The van der Waals surface area contributed by atoms with E-state index in [1.165, 1.54) is 0 Å². The first kappa shape index (κ1) is 14.7. The van der Waals surface area contributed by atoms with Crippen molar-refractivity contribution in [3.05, 3.63) is 52.5 Å². The fraction of sp³-hybridized carbons (Fsp3) is 0.188. The van der Waals surface area contributed by atoms with Gasteiger partial charge in [0.15, 0.2) is 11.5 Å². The molecule has 0 unspecified atom stereocenters. The first-order valence-electron chi connectivity index (χ1n) is 6.90. The van der Waals surface area contributed by atoms with E-state index in [1.54, 1.807) is 18.2 Å². The topological polar surface area (TPSA) is 59.6 Å². The smallest absolute Gasteiger partial charge is 0.319 e. The van der Waals surface area contributed by atoms with Crippen LogP contribution in [0.5, 0.6) is 11.5 Å². The van der Waals surface area contributed by atoms with Crippen LogP contribution in [-0.2, 0) is 6.42 Å². The number of nitrogens with one attached hydrogen (secondary N) is 2. The zero-order valence-corrected chi connectivity index (χ0v) is 13.4. The highest BCUT2D eigenvalue weighted by Crippen LogP contribution is 2.34. The van der Waals surface area contributed by atoms with Crippen LogP contribution in [0.4, 0.5) is 10.5 Å². The van der Waals surface area contributed by atoms with Gasteiger partial charge in [-0.05, 0) is 36.2 Å². The first-order chi connectivity index (χ1) is 10.7. The molecule has 1 aliphatic heterocycles. The summed E-state index contributed by atoms with van der Waals surface area (Å²) >= 11 is 3.43. The lowest BCUT2D eigenvalue weighted by molar-refractivity contribution is 0.174. The molecule has 0 spiro atoms. The minimum Gasteiger partial charge on any atom is -0.454 e. The minimum atomic E-state index is -0.242. The third kappa shape index (κ3) is 3.71. The van der Waals surface area contributed by atoms with Gasteiger partial charge in [0.2, 0.25) is 6.79 Å². The number of fused-ring (bicyclic) bond motifs is 1. The molecule has 0 aromatic heterocycles. The van der Waals surface area contributed by atoms with E-state index in [-0.39, 0.29) is 12.8 Å². The number of halogens is 1. The molecule has 6 heteroatoms. The van der Waals surface area contributed by atoms with Crippen molar-refractivity contribution in [1.82, 2.24) is 5.32 Å². The Kier molecular flexibility index (Phi) is 4.48. The molecule has 2 N–H and O–H groups in total. The van der Waals surface area contributed by atoms with Gasteiger partial charge in [-0.25, -0.2) is 4.79 Å². The maximum absolute atomic E-state index is 11.9. The van der Waals surface area contributed by atoms with E-state index in [2.05, 4.69) is 26.6 Å². The number of hydrogen-bond acceptors (Lipinski definition) is 3. The van der Waals surface area contributed by atoms with E-state index < -0.39 is 0 Å². The molecule has 2 aromatic rings. The zero-order chi connectivity index (χ0) is 15.4. The summed E-state index contributed by atoms with van der Waals surface area (Å²) in [6.45, 7) is 0.782. The number of hydrogen-bond donors (Lipinski definition) is 2. The molecule has 0 fully saturated rings. The normalized spacial score (nSPS) is 12.0. The average Bonchev–Trinajstić information content (AvgIpc) is 2.95. The van der Waals surface area contributed by atoms with Gasteiger partial charge in [-0.1, -0.05) is 28.1 Å². The van der Waals surface area contributed by atoms with Crippen LogP contribution in [-0.4, -0.2) is 19.4 Å². The summed E-state index contributed by atoms with van der Waals surface area (Å²) in [5.41, 5.74) is 1.84. The largest absolute Gasteiger partial charge is 0.454 e. The first-order valence-corrected chi connectivity index (χ1v) is 7.69. The van der Waals surface area contributed by atoms with Crippen molar-refractivity contribution in [2.45, 2.75) is 6.42 Å². The zero-order valence-electron chi connectivity index (χ0n) is 11.8. The molecule has 22 heavy (non-hydrogen) atoms. The average molecular weight is 363 g/mol. The number of benzene rings is 2. The molecule has 2 amide bonds. The summed E-state index contributed by atoms with van der Waals surface area (Å²) in [5, 5.41) is 5.60. The second kappa shape index (κ2) is 6.70. The Labute approximate surface area is 136 Å². The summed E-state index contributed by atoms with van der Waals surface area (Å²) in [5.74, 6) is 1.34. The maximum Gasteiger partial charge on any atom is 0.319 e. The Morgan fingerprint density at radius 2 is 2.00 bits per heavy atom. The summed E-state index contributed by atoms with van der Waals surface area (Å²) in [6.07, 6.45) is 0.772. The van der Waals surface area contributed by atoms with Gasteiger partial charge < -0.3 is 20.1 Å². The standard InChI is InChI=1S/C16H15BrN2O3/c17-12-3-1-2-11(8-12)6-7-18-16(20)19-13-4-5-14-15(9-13)22-10-21-14/h1-5,8-9H,6-7,10H2,(H2,18,19,20). The molecule has 0 saturated heterocycles. The summed E-state index contributed by atoms with van der Waals surface area (Å²) in [6, 6.07) is 13.1. The molecule has 5 nitrogen and oxygen atoms in total. The van der Waals surface area contributed by atoms with Crippen LogP contribution in [0.2, 0.25) is 0 Å². The van der Waals surface area contributed by atoms with Crippen molar-refractivity contribution >= 4 is 27.6 Å². The van der Waals surface area contributed by atoms with Gasteiger partial charge in [-0.2, -0.15) is 0 Å². The van der Waals surface area contributed by atoms with E-state index in [0.29, 0.717) is 23.7 Å². The monoisotopic (exact) mass is 362 g/mol. The lowest BCUT2D eigenvalue weighted by atomic mass is 10.1. The molecule has 0 atom stereocenters. The molecule has 3 rings (SSSR count). The fourth-order valence-electron chi connectivity index (χ4n) is 2.16. The van der Waals surface area contributed by atoms with Crippen LogP contribution in [0.1, 0.15) is 5.56 Å². The van der Waals surface area contributed by atoms with Gasteiger partial charge >= 0.3 is 6.03 Å². The van der Waals surface area contributed by atoms with E-state index in [1.807, 2.05) is 24.3 Å². The van der Waals surface area contributed by atoms with Gasteiger partial charge in [-0.3, -0.25) is 0 Å².